The number of benzene rings is 2. The first kappa shape index (κ1) is 22.9. The van der Waals surface area contributed by atoms with Gasteiger partial charge in [-0.15, -0.1) is 0 Å². The molecular formula is C23H29BrN2O3. The van der Waals surface area contributed by atoms with E-state index < -0.39 is 6.04 Å². The van der Waals surface area contributed by atoms with Crippen LogP contribution in [0, 0.1) is 13.8 Å². The van der Waals surface area contributed by atoms with Crippen molar-refractivity contribution < 1.29 is 14.3 Å². The van der Waals surface area contributed by atoms with Crippen molar-refractivity contribution in [3.8, 4) is 5.75 Å². The van der Waals surface area contributed by atoms with Crippen LogP contribution >= 0.6 is 15.9 Å². The van der Waals surface area contributed by atoms with Gasteiger partial charge in [0.05, 0.1) is 0 Å². The number of nitrogens with zero attached hydrogens (tertiary/aromatic N) is 1. The summed E-state index contributed by atoms with van der Waals surface area (Å²) in [7, 11) is 0. The fourth-order valence-corrected chi connectivity index (χ4v) is 3.06. The minimum atomic E-state index is -0.596. The normalized spacial score (nSPS) is 11.6. The molecule has 1 unspecified atom stereocenters. The van der Waals surface area contributed by atoms with Crippen LogP contribution in [0.15, 0.2) is 46.9 Å². The molecule has 0 bridgehead atoms. The third kappa shape index (κ3) is 6.89. The Bertz CT molecular complexity index is 837. The molecule has 5 nitrogen and oxygen atoms in total. The second-order valence-corrected chi connectivity index (χ2v) is 8.07. The molecule has 6 heteroatoms. The van der Waals surface area contributed by atoms with Crippen molar-refractivity contribution in [2.45, 2.75) is 46.7 Å². The summed E-state index contributed by atoms with van der Waals surface area (Å²) >= 11 is 3.42. The molecule has 0 aliphatic carbocycles. The van der Waals surface area contributed by atoms with Crippen LogP contribution < -0.4 is 10.1 Å². The molecule has 2 amide bonds. The van der Waals surface area contributed by atoms with Crippen molar-refractivity contribution in [3.05, 3.63) is 63.6 Å². The lowest BCUT2D eigenvalue weighted by molar-refractivity contribution is -0.142. The first-order valence-electron chi connectivity index (χ1n) is 9.83. The van der Waals surface area contributed by atoms with Crippen molar-refractivity contribution >= 4 is 27.7 Å². The molecule has 1 atom stereocenters. The highest BCUT2D eigenvalue weighted by Crippen LogP contribution is 2.18. The van der Waals surface area contributed by atoms with Gasteiger partial charge >= 0.3 is 0 Å². The van der Waals surface area contributed by atoms with Gasteiger partial charge in [0.15, 0.2) is 6.61 Å². The maximum atomic E-state index is 13.0. The fourth-order valence-electron chi connectivity index (χ4n) is 2.80. The summed E-state index contributed by atoms with van der Waals surface area (Å²) in [5.41, 5.74) is 3.22. The Balaban J connectivity index is 2.13. The third-order valence-electron chi connectivity index (χ3n) is 4.82. The van der Waals surface area contributed by atoms with Crippen LogP contribution in [0.1, 0.15) is 37.0 Å². The Labute approximate surface area is 181 Å². The molecule has 1 N–H and O–H groups in total. The molecule has 29 heavy (non-hydrogen) atoms. The summed E-state index contributed by atoms with van der Waals surface area (Å²) in [5.74, 6) is 0.252. The molecule has 0 fully saturated rings. The fraction of sp³-hybridized carbons (Fsp3) is 0.391. The van der Waals surface area contributed by atoms with Gasteiger partial charge in [-0.3, -0.25) is 9.59 Å². The Morgan fingerprint density at radius 2 is 1.79 bits per heavy atom. The lowest BCUT2D eigenvalue weighted by atomic mass is 10.1. The van der Waals surface area contributed by atoms with Crippen LogP contribution in [0.4, 0.5) is 0 Å². The van der Waals surface area contributed by atoms with Crippen LogP contribution in [0.5, 0.6) is 5.75 Å². The van der Waals surface area contributed by atoms with E-state index >= 15 is 0 Å². The van der Waals surface area contributed by atoms with E-state index in [1.165, 1.54) is 5.56 Å². The zero-order valence-electron chi connectivity index (χ0n) is 17.5. The van der Waals surface area contributed by atoms with E-state index in [-0.39, 0.29) is 18.4 Å². The molecule has 156 valence electrons. The van der Waals surface area contributed by atoms with Crippen LogP contribution in [0.2, 0.25) is 0 Å². The van der Waals surface area contributed by atoms with Crippen LogP contribution in [0.25, 0.3) is 0 Å². The van der Waals surface area contributed by atoms with E-state index in [1.807, 2.05) is 63.2 Å². The first-order valence-corrected chi connectivity index (χ1v) is 10.6. The van der Waals surface area contributed by atoms with E-state index in [1.54, 1.807) is 11.8 Å². The molecule has 0 radical (unpaired) electrons. The highest BCUT2D eigenvalue weighted by molar-refractivity contribution is 9.10. The Morgan fingerprint density at radius 1 is 1.10 bits per heavy atom. The predicted molar refractivity (Wildman–Crippen MR) is 119 cm³/mol. The van der Waals surface area contributed by atoms with E-state index in [9.17, 15) is 9.59 Å². The van der Waals surface area contributed by atoms with Crippen LogP contribution in [-0.4, -0.2) is 35.9 Å². The molecule has 0 saturated carbocycles. The summed E-state index contributed by atoms with van der Waals surface area (Å²) in [5, 5.41) is 2.87. The maximum Gasteiger partial charge on any atom is 0.261 e. The van der Waals surface area contributed by atoms with E-state index in [2.05, 4.69) is 21.2 Å². The highest BCUT2D eigenvalue weighted by atomic mass is 79.9. The summed E-state index contributed by atoms with van der Waals surface area (Å²) in [4.78, 5) is 27.0. The molecule has 0 saturated heterocycles. The Hall–Kier alpha value is -2.34. The largest absolute Gasteiger partial charge is 0.484 e. The molecule has 2 rings (SSSR count). The summed E-state index contributed by atoms with van der Waals surface area (Å²) < 4.78 is 6.69. The average molecular weight is 461 g/mol. The van der Waals surface area contributed by atoms with Crippen molar-refractivity contribution in [1.29, 1.82) is 0 Å². The van der Waals surface area contributed by atoms with E-state index in [0.29, 0.717) is 18.8 Å². The highest BCUT2D eigenvalue weighted by Gasteiger charge is 2.26. The number of rotatable bonds is 9. The van der Waals surface area contributed by atoms with Gasteiger partial charge in [0.1, 0.15) is 11.8 Å². The van der Waals surface area contributed by atoms with Crippen molar-refractivity contribution in [2.24, 2.45) is 0 Å². The SMILES string of the molecule is CCCNC(=O)C(C)N(Cc1ccc(Br)cc1)C(=O)COc1ccc(C)c(C)c1. The average Bonchev–Trinajstić information content (AvgIpc) is 2.71. The van der Waals surface area contributed by atoms with Gasteiger partial charge in [-0.1, -0.05) is 41.1 Å². The number of amides is 2. The van der Waals surface area contributed by atoms with Gasteiger partial charge < -0.3 is 15.0 Å². The summed E-state index contributed by atoms with van der Waals surface area (Å²) in [6, 6.07) is 12.9. The van der Waals surface area contributed by atoms with Gasteiger partial charge in [-0.25, -0.2) is 0 Å². The molecule has 2 aromatic carbocycles. The maximum absolute atomic E-state index is 13.0. The topological polar surface area (TPSA) is 58.6 Å². The van der Waals surface area contributed by atoms with Gasteiger partial charge in [0.25, 0.3) is 5.91 Å². The minimum Gasteiger partial charge on any atom is -0.484 e. The quantitative estimate of drug-likeness (QED) is 0.603. The number of aryl methyl sites for hydroxylation is 2. The van der Waals surface area contributed by atoms with Gasteiger partial charge in [-0.2, -0.15) is 0 Å². The van der Waals surface area contributed by atoms with Crippen LogP contribution in [0.3, 0.4) is 0 Å². The molecule has 0 heterocycles. The Kier molecular flexibility index (Phi) is 8.70. The number of nitrogens with one attached hydrogen (secondary N) is 1. The van der Waals surface area contributed by atoms with Crippen LogP contribution in [-0.2, 0) is 16.1 Å². The monoisotopic (exact) mass is 460 g/mol. The Morgan fingerprint density at radius 3 is 2.41 bits per heavy atom. The first-order chi connectivity index (χ1) is 13.8. The van der Waals surface area contributed by atoms with Crippen molar-refractivity contribution in [1.82, 2.24) is 10.2 Å². The standard InChI is InChI=1S/C23H29BrN2O3/c1-5-12-25-23(28)18(4)26(14-19-7-9-20(24)10-8-19)22(27)15-29-21-11-6-16(2)17(3)13-21/h6-11,13,18H,5,12,14-15H2,1-4H3,(H,25,28). The number of carbonyl (C=O) groups excluding carboxylic acids is 2. The molecule has 0 aliphatic heterocycles. The lowest BCUT2D eigenvalue weighted by Gasteiger charge is -2.28. The second kappa shape index (κ2) is 11.0. The number of halogens is 1. The van der Waals surface area contributed by atoms with Crippen molar-refractivity contribution in [3.63, 3.8) is 0 Å². The van der Waals surface area contributed by atoms with E-state index in [4.69, 9.17) is 4.74 Å². The predicted octanol–water partition coefficient (Wildman–Crippen LogP) is 4.39. The zero-order valence-corrected chi connectivity index (χ0v) is 19.1. The molecule has 0 spiro atoms. The summed E-state index contributed by atoms with van der Waals surface area (Å²) in [6.07, 6.45) is 0.842. The minimum absolute atomic E-state index is 0.121. The van der Waals surface area contributed by atoms with Gasteiger partial charge in [-0.05, 0) is 68.1 Å². The van der Waals surface area contributed by atoms with Gasteiger partial charge in [0, 0.05) is 17.6 Å². The zero-order chi connectivity index (χ0) is 21.4. The molecular weight excluding hydrogens is 432 g/mol. The number of carbonyl (C=O) groups is 2. The molecule has 0 aliphatic rings. The number of hydrogen-bond donors (Lipinski definition) is 1. The smallest absolute Gasteiger partial charge is 0.261 e. The van der Waals surface area contributed by atoms with E-state index in [0.717, 1.165) is 22.0 Å². The lowest BCUT2D eigenvalue weighted by Crippen LogP contribution is -2.49. The number of hydrogen-bond acceptors (Lipinski definition) is 3. The van der Waals surface area contributed by atoms with Gasteiger partial charge in [0.2, 0.25) is 5.91 Å². The van der Waals surface area contributed by atoms with Crippen molar-refractivity contribution in [2.75, 3.05) is 13.2 Å². The second-order valence-electron chi connectivity index (χ2n) is 7.15. The third-order valence-corrected chi connectivity index (χ3v) is 5.35. The molecule has 0 aromatic heterocycles. The molecule has 2 aromatic rings. The number of ether oxygens (including phenoxy) is 1. The summed E-state index contributed by atoms with van der Waals surface area (Å²) in [6.45, 7) is 8.58.